The van der Waals surface area contributed by atoms with E-state index in [1.54, 1.807) is 12.1 Å². The highest BCUT2D eigenvalue weighted by atomic mass is 16.2. The molecule has 0 fully saturated rings. The fraction of sp³-hybridized carbons (Fsp3) is 0.333. The van der Waals surface area contributed by atoms with E-state index in [0.717, 1.165) is 22.4 Å². The maximum Gasteiger partial charge on any atom is 0.332 e. The molecule has 3 aromatic rings. The largest absolute Gasteiger partial charge is 0.332 e. The number of anilines is 1. The van der Waals surface area contributed by atoms with Crippen LogP contribution in [0.5, 0.6) is 0 Å². The van der Waals surface area contributed by atoms with Gasteiger partial charge in [-0.1, -0.05) is 36.4 Å². The number of rotatable bonds is 4. The van der Waals surface area contributed by atoms with Crippen LogP contribution in [-0.2, 0) is 20.1 Å². The zero-order valence-electron chi connectivity index (χ0n) is 17.1. The van der Waals surface area contributed by atoms with Crippen molar-refractivity contribution in [2.75, 3.05) is 11.6 Å². The summed E-state index contributed by atoms with van der Waals surface area (Å²) in [4.78, 5) is 31.0. The lowest BCUT2D eigenvalue weighted by atomic mass is 10.1. The molecule has 0 saturated heterocycles. The Morgan fingerprint density at radius 1 is 1.21 bits per heavy atom. The Balaban J connectivity index is 1.95. The first-order chi connectivity index (χ1) is 13.8. The molecule has 8 nitrogen and oxygen atoms in total. The van der Waals surface area contributed by atoms with Gasteiger partial charge in [0.25, 0.3) is 5.56 Å². The van der Waals surface area contributed by atoms with Gasteiger partial charge < -0.3 is 0 Å². The van der Waals surface area contributed by atoms with Crippen molar-refractivity contribution in [3.05, 3.63) is 68.4 Å². The molecule has 0 bridgehead atoms. The number of aryl methyl sites for hydroxylation is 2. The zero-order valence-corrected chi connectivity index (χ0v) is 17.1. The van der Waals surface area contributed by atoms with Gasteiger partial charge in [0.05, 0.1) is 25.3 Å². The monoisotopic (exact) mass is 392 g/mol. The summed E-state index contributed by atoms with van der Waals surface area (Å²) in [6, 6.07) is 7.75. The van der Waals surface area contributed by atoms with E-state index in [1.807, 2.05) is 49.6 Å². The van der Waals surface area contributed by atoms with Gasteiger partial charge in [-0.05, 0) is 31.9 Å². The Bertz CT molecular complexity index is 1290. The number of imidazole rings is 1. The lowest BCUT2D eigenvalue weighted by Crippen LogP contribution is -2.40. The first-order valence-corrected chi connectivity index (χ1v) is 9.48. The SMILES string of the molecule is C=C(C)CN1N=C(C)Cn2c1nc1c2c(=O)n(Cc2ccccc2C)c(=O)n1C. The highest BCUT2D eigenvalue weighted by molar-refractivity contribution is 5.87. The van der Waals surface area contributed by atoms with E-state index in [4.69, 9.17) is 0 Å². The van der Waals surface area contributed by atoms with Crippen LogP contribution < -0.4 is 16.3 Å². The molecule has 3 heterocycles. The lowest BCUT2D eigenvalue weighted by molar-refractivity contribution is 0.651. The number of fused-ring (bicyclic) bond motifs is 3. The third-order valence-electron chi connectivity index (χ3n) is 5.13. The normalized spacial score (nSPS) is 13.5. The molecule has 4 rings (SSSR count). The quantitative estimate of drug-likeness (QED) is 0.637. The van der Waals surface area contributed by atoms with Crippen LogP contribution in [0.4, 0.5) is 5.95 Å². The van der Waals surface area contributed by atoms with Crippen LogP contribution >= 0.6 is 0 Å². The first kappa shape index (κ1) is 18.9. The summed E-state index contributed by atoms with van der Waals surface area (Å²) in [7, 11) is 1.65. The second-order valence-corrected chi connectivity index (χ2v) is 7.68. The van der Waals surface area contributed by atoms with E-state index in [2.05, 4.69) is 16.7 Å². The van der Waals surface area contributed by atoms with Crippen molar-refractivity contribution >= 4 is 22.8 Å². The molecule has 29 heavy (non-hydrogen) atoms. The molecule has 2 aromatic heterocycles. The van der Waals surface area contributed by atoms with Crippen LogP contribution in [0.1, 0.15) is 25.0 Å². The van der Waals surface area contributed by atoms with Crippen molar-refractivity contribution in [1.29, 1.82) is 0 Å². The second kappa shape index (κ2) is 6.88. The van der Waals surface area contributed by atoms with Crippen molar-refractivity contribution in [3.63, 3.8) is 0 Å². The van der Waals surface area contributed by atoms with Gasteiger partial charge in [0, 0.05) is 7.05 Å². The Morgan fingerprint density at radius 3 is 2.62 bits per heavy atom. The summed E-state index contributed by atoms with van der Waals surface area (Å²) in [6.45, 7) is 10.9. The fourth-order valence-electron chi connectivity index (χ4n) is 3.68. The minimum absolute atomic E-state index is 0.219. The van der Waals surface area contributed by atoms with E-state index in [1.165, 1.54) is 9.13 Å². The molecule has 0 aliphatic carbocycles. The maximum atomic E-state index is 13.4. The topological polar surface area (TPSA) is 77.4 Å². The Labute approximate surface area is 168 Å². The fourth-order valence-corrected chi connectivity index (χ4v) is 3.68. The smallest absolute Gasteiger partial charge is 0.297 e. The first-order valence-electron chi connectivity index (χ1n) is 9.48. The van der Waals surface area contributed by atoms with Gasteiger partial charge in [-0.2, -0.15) is 10.1 Å². The van der Waals surface area contributed by atoms with Gasteiger partial charge in [-0.15, -0.1) is 0 Å². The molecule has 0 amide bonds. The summed E-state index contributed by atoms with van der Waals surface area (Å²) in [5, 5.41) is 6.29. The third-order valence-corrected chi connectivity index (χ3v) is 5.13. The number of benzene rings is 1. The lowest BCUT2D eigenvalue weighted by Gasteiger charge is -2.24. The molecule has 0 unspecified atom stereocenters. The molecule has 1 aliphatic rings. The van der Waals surface area contributed by atoms with Gasteiger partial charge >= 0.3 is 5.69 Å². The van der Waals surface area contributed by atoms with E-state index < -0.39 is 0 Å². The van der Waals surface area contributed by atoms with E-state index in [9.17, 15) is 9.59 Å². The number of aromatic nitrogens is 4. The zero-order chi connectivity index (χ0) is 20.9. The van der Waals surface area contributed by atoms with Crippen LogP contribution in [0.15, 0.2) is 51.1 Å². The molecule has 0 atom stereocenters. The van der Waals surface area contributed by atoms with Crippen LogP contribution in [0.25, 0.3) is 11.2 Å². The van der Waals surface area contributed by atoms with Crippen LogP contribution in [-0.4, -0.2) is 30.9 Å². The van der Waals surface area contributed by atoms with Gasteiger partial charge in [-0.25, -0.2) is 9.80 Å². The second-order valence-electron chi connectivity index (χ2n) is 7.68. The number of nitrogens with zero attached hydrogens (tertiary/aromatic N) is 6. The minimum atomic E-state index is -0.384. The van der Waals surface area contributed by atoms with Gasteiger partial charge in [0.15, 0.2) is 11.2 Å². The standard InChI is InChI=1S/C21H24N6O2/c1-13(2)10-27-20-22-18-17(25(20)11-15(4)23-27)19(28)26(21(29)24(18)5)12-16-9-7-6-8-14(16)3/h6-9H,1,10-12H2,2-5H3. The maximum absolute atomic E-state index is 13.4. The summed E-state index contributed by atoms with van der Waals surface area (Å²) in [6.07, 6.45) is 0. The molecule has 0 N–H and O–H groups in total. The van der Waals surface area contributed by atoms with Crippen molar-refractivity contribution in [1.82, 2.24) is 18.7 Å². The van der Waals surface area contributed by atoms with Crippen LogP contribution in [0, 0.1) is 6.92 Å². The number of hydrazone groups is 1. The summed E-state index contributed by atoms with van der Waals surface area (Å²) in [5.41, 5.74) is 3.81. The Morgan fingerprint density at radius 2 is 1.93 bits per heavy atom. The number of hydrogen-bond acceptors (Lipinski definition) is 5. The highest BCUT2D eigenvalue weighted by Gasteiger charge is 2.26. The average molecular weight is 392 g/mol. The predicted octanol–water partition coefficient (Wildman–Crippen LogP) is 2.03. The molecular weight excluding hydrogens is 368 g/mol. The van der Waals surface area contributed by atoms with E-state index >= 15 is 0 Å². The number of hydrogen-bond donors (Lipinski definition) is 0. The Kier molecular flexibility index (Phi) is 4.49. The summed E-state index contributed by atoms with van der Waals surface area (Å²) in [5.74, 6) is 0.550. The van der Waals surface area contributed by atoms with E-state index in [0.29, 0.717) is 30.2 Å². The molecule has 0 spiro atoms. The Hall–Kier alpha value is -3.42. The van der Waals surface area contributed by atoms with Gasteiger partial charge in [0.2, 0.25) is 5.95 Å². The summed E-state index contributed by atoms with van der Waals surface area (Å²) >= 11 is 0. The molecule has 0 saturated carbocycles. The molecule has 150 valence electrons. The highest BCUT2D eigenvalue weighted by Crippen LogP contribution is 2.24. The average Bonchev–Trinajstić information content (AvgIpc) is 3.04. The predicted molar refractivity (Wildman–Crippen MR) is 115 cm³/mol. The van der Waals surface area contributed by atoms with Crippen molar-refractivity contribution in [2.24, 2.45) is 12.1 Å². The molecule has 0 radical (unpaired) electrons. The van der Waals surface area contributed by atoms with E-state index in [-0.39, 0.29) is 17.8 Å². The molecule has 1 aromatic carbocycles. The van der Waals surface area contributed by atoms with Gasteiger partial charge in [-0.3, -0.25) is 18.5 Å². The van der Waals surface area contributed by atoms with Gasteiger partial charge in [0.1, 0.15) is 0 Å². The molecular formula is C21H24N6O2. The minimum Gasteiger partial charge on any atom is -0.297 e. The van der Waals surface area contributed by atoms with Crippen molar-refractivity contribution in [3.8, 4) is 0 Å². The third kappa shape index (κ3) is 3.10. The van der Waals surface area contributed by atoms with Crippen LogP contribution in [0.3, 0.4) is 0 Å². The summed E-state index contributed by atoms with van der Waals surface area (Å²) < 4.78 is 4.56. The van der Waals surface area contributed by atoms with Crippen molar-refractivity contribution < 1.29 is 0 Å². The molecule has 1 aliphatic heterocycles. The van der Waals surface area contributed by atoms with Crippen LogP contribution in [0.2, 0.25) is 0 Å². The van der Waals surface area contributed by atoms with Crippen molar-refractivity contribution in [2.45, 2.75) is 33.9 Å². The molecule has 8 heteroatoms.